The third-order valence-electron chi connectivity index (χ3n) is 1.71. The van der Waals surface area contributed by atoms with E-state index in [1.54, 1.807) is 25.1 Å². The number of aryl methyl sites for hydroxylation is 1. The topological polar surface area (TPSA) is 69.4 Å². The molecule has 1 aromatic rings. The lowest BCUT2D eigenvalue weighted by molar-refractivity contribution is 0.1000. The van der Waals surface area contributed by atoms with Crippen LogP contribution in [-0.4, -0.2) is 17.9 Å². The second kappa shape index (κ2) is 7.92. The van der Waals surface area contributed by atoms with Gasteiger partial charge in [-0.15, -0.1) is 0 Å². The van der Waals surface area contributed by atoms with Crippen LogP contribution in [0, 0.1) is 6.92 Å². The van der Waals surface area contributed by atoms with E-state index in [4.69, 9.17) is 28.9 Å². The van der Waals surface area contributed by atoms with Crippen LogP contribution >= 0.6 is 23.2 Å². The smallest absolute Gasteiger partial charge is 0.403 e. The van der Waals surface area contributed by atoms with Gasteiger partial charge in [0.05, 0.1) is 6.61 Å². The third-order valence-corrected chi connectivity index (χ3v) is 2.23. The summed E-state index contributed by atoms with van der Waals surface area (Å²) in [5.41, 5.74) is 5.68. The number of nitrogens with two attached hydrogens (primary N) is 1. The minimum atomic E-state index is -0.738. The van der Waals surface area contributed by atoms with Crippen molar-refractivity contribution in [3.05, 3.63) is 34.3 Å². The minimum absolute atomic E-state index is 0.350. The largest absolute Gasteiger partial charge is 0.454 e. The molecule has 0 heterocycles. The Labute approximate surface area is 110 Å². The molecule has 6 heteroatoms. The molecule has 2 N–H and O–H groups in total. The summed E-state index contributed by atoms with van der Waals surface area (Å²) in [6.45, 7) is 3.91. The number of hydrogen-bond acceptors (Lipinski definition) is 3. The maximum absolute atomic E-state index is 10.6. The quantitative estimate of drug-likeness (QED) is 0.845. The normalized spacial score (nSPS) is 8.94. The van der Waals surface area contributed by atoms with E-state index in [1.807, 2.05) is 6.92 Å². The Balaban J connectivity index is 0.000000366. The van der Waals surface area contributed by atoms with Crippen LogP contribution in [0.4, 0.5) is 4.79 Å². The van der Waals surface area contributed by atoms with Crippen molar-refractivity contribution in [1.29, 1.82) is 0 Å². The summed E-state index contributed by atoms with van der Waals surface area (Å²) in [5.74, 6) is -0.452. The van der Waals surface area contributed by atoms with Gasteiger partial charge < -0.3 is 10.5 Å². The maximum atomic E-state index is 10.6. The molecule has 0 bridgehead atoms. The predicted octanol–water partition coefficient (Wildman–Crippen LogP) is 3.13. The second-order valence-corrected chi connectivity index (χ2v) is 3.71. The Morgan fingerprint density at radius 3 is 2.29 bits per heavy atom. The highest BCUT2D eigenvalue weighted by Crippen LogP contribution is 2.15. The van der Waals surface area contributed by atoms with Gasteiger partial charge in [-0.25, -0.2) is 4.79 Å². The van der Waals surface area contributed by atoms with Gasteiger partial charge in [0, 0.05) is 22.2 Å². The molecule has 0 aliphatic heterocycles. The van der Waals surface area contributed by atoms with Gasteiger partial charge in [0.2, 0.25) is 5.91 Å². The average Bonchev–Trinajstić information content (AvgIpc) is 2.22. The van der Waals surface area contributed by atoms with E-state index in [-0.39, 0.29) is 0 Å². The lowest BCUT2D eigenvalue weighted by Crippen LogP contribution is -2.10. The van der Waals surface area contributed by atoms with Crippen LogP contribution in [-0.2, 0) is 4.74 Å². The zero-order valence-electron chi connectivity index (χ0n) is 9.50. The zero-order chi connectivity index (χ0) is 13.4. The molecule has 0 atom stereocenters. The molecule has 0 radical (unpaired) electrons. The van der Waals surface area contributed by atoms with E-state index < -0.39 is 11.3 Å². The molecule has 0 saturated heterocycles. The van der Waals surface area contributed by atoms with Crippen molar-refractivity contribution >= 4 is 34.5 Å². The highest BCUT2D eigenvalue weighted by atomic mass is 35.5. The summed E-state index contributed by atoms with van der Waals surface area (Å²) in [6.07, 6.45) is 0. The molecule has 1 amide bonds. The van der Waals surface area contributed by atoms with Gasteiger partial charge in [0.25, 0.3) is 0 Å². The summed E-state index contributed by atoms with van der Waals surface area (Å²) in [7, 11) is 0. The molecule has 0 aliphatic rings. The highest BCUT2D eigenvalue weighted by Gasteiger charge is 2.01. The Morgan fingerprint density at radius 1 is 1.41 bits per heavy atom. The third kappa shape index (κ3) is 6.81. The Kier molecular flexibility index (Phi) is 7.34. The Bertz CT molecular complexity index is 408. The van der Waals surface area contributed by atoms with Crippen LogP contribution in [0.5, 0.6) is 0 Å². The number of carbonyl (C=O) groups excluding carboxylic acids is 2. The molecule has 1 aromatic carbocycles. The van der Waals surface area contributed by atoms with Crippen molar-refractivity contribution in [3.8, 4) is 0 Å². The highest BCUT2D eigenvalue weighted by molar-refractivity contribution is 6.61. The molecule has 0 aliphatic carbocycles. The van der Waals surface area contributed by atoms with Crippen molar-refractivity contribution in [2.75, 3.05) is 6.61 Å². The minimum Gasteiger partial charge on any atom is -0.454 e. The van der Waals surface area contributed by atoms with Crippen molar-refractivity contribution < 1.29 is 14.3 Å². The molecule has 94 valence electrons. The SMILES string of the molecule is CCOC(=O)Cl.Cc1ccc(C(N)=O)cc1Cl. The fraction of sp³-hybridized carbons (Fsp3) is 0.273. The van der Waals surface area contributed by atoms with E-state index in [0.29, 0.717) is 17.2 Å². The standard InChI is InChI=1S/C8H8ClNO.C3H5ClO2/c1-5-2-3-6(8(10)11)4-7(5)9;1-2-6-3(4)5/h2-4H,1H3,(H2,10,11);2H2,1H3. The van der Waals surface area contributed by atoms with Crippen LogP contribution in [0.1, 0.15) is 22.8 Å². The van der Waals surface area contributed by atoms with Crippen LogP contribution in [0.25, 0.3) is 0 Å². The molecular weight excluding hydrogens is 265 g/mol. The second-order valence-electron chi connectivity index (χ2n) is 3.00. The molecule has 17 heavy (non-hydrogen) atoms. The first-order valence-electron chi connectivity index (χ1n) is 4.76. The van der Waals surface area contributed by atoms with Gasteiger partial charge in [-0.2, -0.15) is 0 Å². The van der Waals surface area contributed by atoms with E-state index in [1.165, 1.54) is 0 Å². The predicted molar refractivity (Wildman–Crippen MR) is 67.6 cm³/mol. The first kappa shape index (κ1) is 15.7. The number of hydrogen-bond donors (Lipinski definition) is 1. The monoisotopic (exact) mass is 277 g/mol. The van der Waals surface area contributed by atoms with E-state index in [2.05, 4.69) is 4.74 Å². The number of primary amides is 1. The lowest BCUT2D eigenvalue weighted by Gasteiger charge is -1.98. The Hall–Kier alpha value is -1.26. The number of amides is 1. The van der Waals surface area contributed by atoms with Gasteiger partial charge in [-0.3, -0.25) is 4.79 Å². The van der Waals surface area contributed by atoms with Crippen LogP contribution < -0.4 is 5.73 Å². The summed E-state index contributed by atoms with van der Waals surface area (Å²) in [5, 5.41) is 0.571. The molecule has 1 rings (SSSR count). The van der Waals surface area contributed by atoms with Crippen LogP contribution in [0.3, 0.4) is 0 Å². The summed E-state index contributed by atoms with van der Waals surface area (Å²) in [6, 6.07) is 4.99. The van der Waals surface area contributed by atoms with E-state index >= 15 is 0 Å². The molecular formula is C11H13Cl2NO3. The number of benzene rings is 1. The van der Waals surface area contributed by atoms with Crippen LogP contribution in [0.2, 0.25) is 5.02 Å². The zero-order valence-corrected chi connectivity index (χ0v) is 11.0. The van der Waals surface area contributed by atoms with E-state index in [0.717, 1.165) is 5.56 Å². The number of ether oxygens (including phenoxy) is 1. The Morgan fingerprint density at radius 2 is 2.00 bits per heavy atom. The number of rotatable bonds is 2. The number of carbonyl (C=O) groups is 2. The summed E-state index contributed by atoms with van der Waals surface area (Å²) < 4.78 is 4.17. The number of halogens is 2. The first-order valence-corrected chi connectivity index (χ1v) is 5.52. The van der Waals surface area contributed by atoms with Crippen molar-refractivity contribution in [2.45, 2.75) is 13.8 Å². The van der Waals surface area contributed by atoms with Crippen molar-refractivity contribution in [1.82, 2.24) is 0 Å². The first-order chi connectivity index (χ1) is 7.88. The van der Waals surface area contributed by atoms with Gasteiger partial charge >= 0.3 is 5.43 Å². The fourth-order valence-electron chi connectivity index (χ4n) is 0.860. The summed E-state index contributed by atoms with van der Waals surface area (Å²) >= 11 is 10.5. The fourth-order valence-corrected chi connectivity index (χ4v) is 1.15. The molecule has 0 saturated carbocycles. The van der Waals surface area contributed by atoms with Crippen molar-refractivity contribution in [2.24, 2.45) is 5.73 Å². The molecule has 0 unspecified atom stereocenters. The van der Waals surface area contributed by atoms with Gasteiger partial charge in [-0.1, -0.05) is 17.7 Å². The van der Waals surface area contributed by atoms with Crippen molar-refractivity contribution in [3.63, 3.8) is 0 Å². The molecule has 0 spiro atoms. The maximum Gasteiger partial charge on any atom is 0.403 e. The molecule has 4 nitrogen and oxygen atoms in total. The van der Waals surface area contributed by atoms with Gasteiger partial charge in [0.15, 0.2) is 0 Å². The molecule has 0 fully saturated rings. The molecule has 0 aromatic heterocycles. The van der Waals surface area contributed by atoms with Gasteiger partial charge in [0.1, 0.15) is 0 Å². The summed E-state index contributed by atoms with van der Waals surface area (Å²) in [4.78, 5) is 20.2. The van der Waals surface area contributed by atoms with Gasteiger partial charge in [-0.05, 0) is 31.5 Å². The lowest BCUT2D eigenvalue weighted by atomic mass is 10.1. The van der Waals surface area contributed by atoms with Crippen LogP contribution in [0.15, 0.2) is 18.2 Å². The average molecular weight is 278 g/mol. The van der Waals surface area contributed by atoms with E-state index in [9.17, 15) is 9.59 Å².